The molecular weight excluding hydrogens is 317 g/mol. The first-order chi connectivity index (χ1) is 9.83. The molecule has 9 heteroatoms. The van der Waals surface area contributed by atoms with Crippen molar-refractivity contribution in [3.63, 3.8) is 0 Å². The van der Waals surface area contributed by atoms with Gasteiger partial charge in [-0.3, -0.25) is 0 Å². The van der Waals surface area contributed by atoms with Crippen LogP contribution in [0.15, 0.2) is 22.4 Å². The fourth-order valence-corrected chi connectivity index (χ4v) is 3.52. The van der Waals surface area contributed by atoms with Gasteiger partial charge in [0.25, 0.3) is 0 Å². The average Bonchev–Trinajstić information content (AvgIpc) is 2.82. The molecule has 0 aliphatic carbocycles. The summed E-state index contributed by atoms with van der Waals surface area (Å²) in [6, 6.07) is 2.02. The SMILES string of the molecule is COc1c(N)cc(S(=O)(=O)NCc2nc(C)cs2)cc1F. The van der Waals surface area contributed by atoms with Crippen molar-refractivity contribution in [2.24, 2.45) is 0 Å². The van der Waals surface area contributed by atoms with Crippen molar-refractivity contribution < 1.29 is 17.5 Å². The number of ether oxygens (including phenoxy) is 1. The Morgan fingerprint density at radius 2 is 2.19 bits per heavy atom. The fourth-order valence-electron chi connectivity index (χ4n) is 1.68. The number of anilines is 1. The lowest BCUT2D eigenvalue weighted by molar-refractivity contribution is 0.388. The van der Waals surface area contributed by atoms with Gasteiger partial charge in [0.1, 0.15) is 5.01 Å². The molecule has 0 atom stereocenters. The van der Waals surface area contributed by atoms with Crippen LogP contribution in [-0.4, -0.2) is 20.5 Å². The van der Waals surface area contributed by atoms with Crippen LogP contribution >= 0.6 is 11.3 Å². The molecule has 0 saturated carbocycles. The molecule has 0 radical (unpaired) electrons. The Morgan fingerprint density at radius 3 is 2.71 bits per heavy atom. The highest BCUT2D eigenvalue weighted by molar-refractivity contribution is 7.89. The number of nitrogens with zero attached hydrogens (tertiary/aromatic N) is 1. The summed E-state index contributed by atoms with van der Waals surface area (Å²) in [5.41, 5.74) is 6.31. The third-order valence-electron chi connectivity index (χ3n) is 2.64. The molecule has 0 saturated heterocycles. The Kier molecular flexibility index (Phi) is 4.45. The summed E-state index contributed by atoms with van der Waals surface area (Å²) in [5.74, 6) is -1.01. The van der Waals surface area contributed by atoms with Crippen LogP contribution in [-0.2, 0) is 16.6 Å². The van der Waals surface area contributed by atoms with Crippen LogP contribution in [0.25, 0.3) is 0 Å². The smallest absolute Gasteiger partial charge is 0.241 e. The summed E-state index contributed by atoms with van der Waals surface area (Å²) in [5, 5.41) is 2.44. The van der Waals surface area contributed by atoms with Crippen molar-refractivity contribution in [3.05, 3.63) is 34.0 Å². The van der Waals surface area contributed by atoms with E-state index in [-0.39, 0.29) is 22.9 Å². The summed E-state index contributed by atoms with van der Waals surface area (Å²) in [7, 11) is -2.62. The van der Waals surface area contributed by atoms with Crippen LogP contribution in [0.1, 0.15) is 10.7 Å². The second-order valence-electron chi connectivity index (χ2n) is 4.23. The summed E-state index contributed by atoms with van der Waals surface area (Å²) >= 11 is 1.34. The second kappa shape index (κ2) is 5.96. The zero-order valence-electron chi connectivity index (χ0n) is 11.4. The Labute approximate surface area is 125 Å². The van der Waals surface area contributed by atoms with Crippen LogP contribution in [0.2, 0.25) is 0 Å². The van der Waals surface area contributed by atoms with Gasteiger partial charge in [0.15, 0.2) is 11.6 Å². The number of nitrogen functional groups attached to an aromatic ring is 1. The van der Waals surface area contributed by atoms with Crippen molar-refractivity contribution in [3.8, 4) is 5.75 Å². The fraction of sp³-hybridized carbons (Fsp3) is 0.250. The molecule has 6 nitrogen and oxygen atoms in total. The van der Waals surface area contributed by atoms with E-state index in [4.69, 9.17) is 10.5 Å². The number of methoxy groups -OCH3 is 1. The van der Waals surface area contributed by atoms with Crippen molar-refractivity contribution in [1.29, 1.82) is 0 Å². The Balaban J connectivity index is 2.23. The lowest BCUT2D eigenvalue weighted by Crippen LogP contribution is -2.23. The molecule has 1 aromatic heterocycles. The Bertz CT molecular complexity index is 736. The predicted molar refractivity (Wildman–Crippen MR) is 78.2 cm³/mol. The van der Waals surface area contributed by atoms with Gasteiger partial charge in [0, 0.05) is 11.1 Å². The molecule has 2 rings (SSSR count). The van der Waals surface area contributed by atoms with E-state index in [1.54, 1.807) is 0 Å². The van der Waals surface area contributed by atoms with Gasteiger partial charge < -0.3 is 10.5 Å². The second-order valence-corrected chi connectivity index (χ2v) is 6.94. The van der Waals surface area contributed by atoms with Gasteiger partial charge in [-0.2, -0.15) is 0 Å². The maximum atomic E-state index is 13.7. The predicted octanol–water partition coefficient (Wildman–Crippen LogP) is 1.66. The van der Waals surface area contributed by atoms with Gasteiger partial charge in [-0.15, -0.1) is 11.3 Å². The quantitative estimate of drug-likeness (QED) is 0.813. The zero-order chi connectivity index (χ0) is 15.6. The molecule has 0 amide bonds. The maximum absolute atomic E-state index is 13.7. The first kappa shape index (κ1) is 15.7. The van der Waals surface area contributed by atoms with E-state index in [1.165, 1.54) is 18.4 Å². The highest BCUT2D eigenvalue weighted by Crippen LogP contribution is 2.28. The summed E-state index contributed by atoms with van der Waals surface area (Å²) in [6.07, 6.45) is 0. The number of aryl methyl sites for hydroxylation is 1. The topological polar surface area (TPSA) is 94.3 Å². The lowest BCUT2D eigenvalue weighted by atomic mass is 10.3. The number of hydrogen-bond acceptors (Lipinski definition) is 6. The third-order valence-corrected chi connectivity index (χ3v) is 4.99. The molecule has 0 unspecified atom stereocenters. The van der Waals surface area contributed by atoms with E-state index >= 15 is 0 Å². The highest BCUT2D eigenvalue weighted by Gasteiger charge is 2.19. The van der Waals surface area contributed by atoms with Crippen LogP contribution in [0.5, 0.6) is 5.75 Å². The number of nitrogens with one attached hydrogen (secondary N) is 1. The molecule has 0 spiro atoms. The lowest BCUT2D eigenvalue weighted by Gasteiger charge is -2.10. The van der Waals surface area contributed by atoms with Crippen LogP contribution in [0, 0.1) is 12.7 Å². The molecule has 114 valence electrons. The van der Waals surface area contributed by atoms with Gasteiger partial charge in [0.05, 0.1) is 24.2 Å². The molecule has 0 aliphatic heterocycles. The number of halogens is 1. The molecule has 0 fully saturated rings. The monoisotopic (exact) mass is 331 g/mol. The van der Waals surface area contributed by atoms with E-state index in [2.05, 4.69) is 9.71 Å². The molecule has 3 N–H and O–H groups in total. The van der Waals surface area contributed by atoms with Crippen molar-refractivity contribution in [1.82, 2.24) is 9.71 Å². The molecule has 0 aliphatic rings. The highest BCUT2D eigenvalue weighted by atomic mass is 32.2. The normalized spacial score (nSPS) is 11.6. The molecular formula is C12H14FN3O3S2. The van der Waals surface area contributed by atoms with Crippen molar-refractivity contribution >= 4 is 27.0 Å². The minimum Gasteiger partial charge on any atom is -0.492 e. The molecule has 1 heterocycles. The van der Waals surface area contributed by atoms with E-state index < -0.39 is 15.8 Å². The number of thiazole rings is 1. The van der Waals surface area contributed by atoms with Crippen LogP contribution in [0.4, 0.5) is 10.1 Å². The van der Waals surface area contributed by atoms with Gasteiger partial charge in [0.2, 0.25) is 10.0 Å². The third kappa shape index (κ3) is 3.49. The van der Waals surface area contributed by atoms with Crippen LogP contribution in [0.3, 0.4) is 0 Å². The van der Waals surface area contributed by atoms with Crippen molar-refractivity contribution in [2.75, 3.05) is 12.8 Å². The number of sulfonamides is 1. The van der Waals surface area contributed by atoms with E-state index in [0.29, 0.717) is 5.01 Å². The van der Waals surface area contributed by atoms with Crippen molar-refractivity contribution in [2.45, 2.75) is 18.4 Å². The van der Waals surface area contributed by atoms with Crippen LogP contribution < -0.4 is 15.2 Å². The summed E-state index contributed by atoms with van der Waals surface area (Å²) < 4.78 is 45.0. The van der Waals surface area contributed by atoms with E-state index in [1.807, 2.05) is 12.3 Å². The molecule has 2 aromatic rings. The number of aromatic nitrogens is 1. The summed E-state index contributed by atoms with van der Waals surface area (Å²) in [4.78, 5) is 3.88. The Hall–Kier alpha value is -1.71. The molecule has 0 bridgehead atoms. The van der Waals surface area contributed by atoms with Gasteiger partial charge in [-0.25, -0.2) is 22.5 Å². The number of hydrogen-bond donors (Lipinski definition) is 2. The largest absolute Gasteiger partial charge is 0.492 e. The Morgan fingerprint density at radius 1 is 1.48 bits per heavy atom. The van der Waals surface area contributed by atoms with E-state index in [9.17, 15) is 12.8 Å². The minimum absolute atomic E-state index is 0.0361. The van der Waals surface area contributed by atoms with Gasteiger partial charge in [-0.05, 0) is 19.1 Å². The minimum atomic E-state index is -3.88. The standard InChI is InChI=1S/C12H14FN3O3S2/c1-7-6-20-11(16-7)5-15-21(17,18)8-3-9(13)12(19-2)10(14)4-8/h3-4,6,15H,5,14H2,1-2H3. The van der Waals surface area contributed by atoms with Gasteiger partial charge in [-0.1, -0.05) is 0 Å². The first-order valence-electron chi connectivity index (χ1n) is 5.87. The van der Waals surface area contributed by atoms with Gasteiger partial charge >= 0.3 is 0 Å². The number of nitrogens with two attached hydrogens (primary N) is 1. The average molecular weight is 331 g/mol. The van der Waals surface area contributed by atoms with E-state index in [0.717, 1.165) is 17.8 Å². The maximum Gasteiger partial charge on any atom is 0.241 e. The molecule has 1 aromatic carbocycles. The zero-order valence-corrected chi connectivity index (χ0v) is 13.0. The number of benzene rings is 1. The number of rotatable bonds is 5. The summed E-state index contributed by atoms with van der Waals surface area (Å²) in [6.45, 7) is 1.85. The first-order valence-corrected chi connectivity index (χ1v) is 8.23. The molecule has 21 heavy (non-hydrogen) atoms.